The molecule has 1 aromatic rings. The minimum absolute atomic E-state index is 0.275. The van der Waals surface area contributed by atoms with Gasteiger partial charge in [0, 0.05) is 12.1 Å². The zero-order valence-electron chi connectivity index (χ0n) is 11.1. The Hall–Kier alpha value is -0.603. The summed E-state index contributed by atoms with van der Waals surface area (Å²) in [7, 11) is -1.32. The van der Waals surface area contributed by atoms with Gasteiger partial charge in [-0.15, -0.1) is 0 Å². The molecule has 1 rings (SSSR count). The van der Waals surface area contributed by atoms with Crippen molar-refractivity contribution in [3.63, 3.8) is 0 Å². The van der Waals surface area contributed by atoms with Crippen LogP contribution >= 0.6 is 0 Å². The molecule has 0 bridgehead atoms. The van der Waals surface area contributed by atoms with E-state index in [1.54, 1.807) is 0 Å². The molecule has 16 heavy (non-hydrogen) atoms. The van der Waals surface area contributed by atoms with Crippen molar-refractivity contribution in [1.29, 1.82) is 0 Å². The molecule has 1 aromatic carbocycles. The van der Waals surface area contributed by atoms with Gasteiger partial charge in [0.1, 0.15) is 0 Å². The van der Waals surface area contributed by atoms with Crippen LogP contribution in [0.25, 0.3) is 0 Å². The Balaban J connectivity index is 2.96. The molecule has 0 aromatic heterocycles. The van der Waals surface area contributed by atoms with Crippen LogP contribution < -0.4 is 0 Å². The highest BCUT2D eigenvalue weighted by atomic mass is 28.3. The van der Waals surface area contributed by atoms with Crippen LogP contribution in [0.15, 0.2) is 24.3 Å². The van der Waals surface area contributed by atoms with Gasteiger partial charge in [-0.2, -0.15) is 0 Å². The van der Waals surface area contributed by atoms with Crippen molar-refractivity contribution >= 4 is 8.07 Å². The summed E-state index contributed by atoms with van der Waals surface area (Å²) in [6.45, 7) is 11.6. The zero-order chi connectivity index (χ0) is 12.3. The first kappa shape index (κ1) is 13.5. The summed E-state index contributed by atoms with van der Waals surface area (Å²) in [4.78, 5) is 0. The Morgan fingerprint density at radius 1 is 1.00 bits per heavy atom. The molecule has 0 aliphatic carbocycles. The van der Waals surface area contributed by atoms with Crippen LogP contribution in [0.1, 0.15) is 36.4 Å². The van der Waals surface area contributed by atoms with Crippen LogP contribution in [0.3, 0.4) is 0 Å². The second kappa shape index (κ2) is 5.15. The van der Waals surface area contributed by atoms with Gasteiger partial charge in [-0.05, 0) is 17.0 Å². The Morgan fingerprint density at radius 3 is 1.75 bits per heavy atom. The van der Waals surface area contributed by atoms with Crippen LogP contribution in [0.5, 0.6) is 0 Å². The highest BCUT2D eigenvalue weighted by molar-refractivity contribution is 6.77. The number of rotatable bonds is 4. The van der Waals surface area contributed by atoms with E-state index in [0.717, 1.165) is 0 Å². The maximum absolute atomic E-state index is 9.53. The largest absolute Gasteiger partial charge is 0.396 e. The summed E-state index contributed by atoms with van der Waals surface area (Å²) in [6, 6.07) is 8.77. The van der Waals surface area contributed by atoms with Crippen molar-refractivity contribution in [2.75, 3.05) is 6.61 Å². The van der Waals surface area contributed by atoms with E-state index >= 15 is 0 Å². The molecule has 0 saturated heterocycles. The molecule has 1 N–H and O–H groups in total. The van der Waals surface area contributed by atoms with Gasteiger partial charge >= 0.3 is 0 Å². The predicted molar refractivity (Wildman–Crippen MR) is 73.7 cm³/mol. The van der Waals surface area contributed by atoms with Gasteiger partial charge in [0.05, 0.1) is 8.07 Å². The first-order valence-corrected chi connectivity index (χ1v) is 9.64. The van der Waals surface area contributed by atoms with Gasteiger partial charge in [-0.3, -0.25) is 0 Å². The third-order valence-corrected chi connectivity index (χ3v) is 5.84. The second-order valence-electron chi connectivity index (χ2n) is 5.92. The standard InChI is InChI=1S/C14H24OSi/c1-11(2)12-6-8-13(9-7-12)14(10-15)16(3,4)5/h6-9,11,14-15H,10H2,1-5H3. The normalized spacial score (nSPS) is 14.2. The molecule has 0 saturated carbocycles. The third kappa shape index (κ3) is 3.19. The molecular weight excluding hydrogens is 212 g/mol. The molecule has 0 aliphatic rings. The lowest BCUT2D eigenvalue weighted by atomic mass is 10.0. The van der Waals surface area contributed by atoms with E-state index in [4.69, 9.17) is 0 Å². The summed E-state index contributed by atoms with van der Waals surface area (Å²) in [5.74, 6) is 0.577. The predicted octanol–water partition coefficient (Wildman–Crippen LogP) is 3.76. The van der Waals surface area contributed by atoms with E-state index in [1.165, 1.54) is 11.1 Å². The Kier molecular flexibility index (Phi) is 4.33. The van der Waals surface area contributed by atoms with E-state index < -0.39 is 8.07 Å². The van der Waals surface area contributed by atoms with E-state index in [1.807, 2.05) is 0 Å². The lowest BCUT2D eigenvalue weighted by Crippen LogP contribution is -2.33. The molecule has 0 heterocycles. The molecule has 0 aliphatic heterocycles. The lowest BCUT2D eigenvalue weighted by molar-refractivity contribution is 0.290. The Labute approximate surface area is 101 Å². The van der Waals surface area contributed by atoms with E-state index in [9.17, 15) is 5.11 Å². The topological polar surface area (TPSA) is 20.2 Å². The van der Waals surface area contributed by atoms with Gasteiger partial charge in [-0.25, -0.2) is 0 Å². The average molecular weight is 236 g/mol. The summed E-state index contributed by atoms with van der Waals surface area (Å²) < 4.78 is 0. The van der Waals surface area contributed by atoms with Crippen LogP contribution in [-0.2, 0) is 0 Å². The number of hydrogen-bond acceptors (Lipinski definition) is 1. The minimum atomic E-state index is -1.32. The summed E-state index contributed by atoms with van der Waals surface area (Å²) >= 11 is 0. The van der Waals surface area contributed by atoms with E-state index in [-0.39, 0.29) is 6.61 Å². The van der Waals surface area contributed by atoms with Crippen molar-refractivity contribution in [3.05, 3.63) is 35.4 Å². The monoisotopic (exact) mass is 236 g/mol. The molecule has 0 spiro atoms. The molecule has 90 valence electrons. The molecule has 1 atom stereocenters. The molecule has 1 unspecified atom stereocenters. The number of hydrogen-bond donors (Lipinski definition) is 1. The van der Waals surface area contributed by atoms with Crippen molar-refractivity contribution in [3.8, 4) is 0 Å². The number of benzene rings is 1. The van der Waals surface area contributed by atoms with E-state index in [0.29, 0.717) is 11.5 Å². The Morgan fingerprint density at radius 2 is 1.44 bits per heavy atom. The first-order valence-electron chi connectivity index (χ1n) is 6.07. The fourth-order valence-corrected chi connectivity index (χ4v) is 3.73. The fourth-order valence-electron chi connectivity index (χ4n) is 1.99. The van der Waals surface area contributed by atoms with Gasteiger partial charge < -0.3 is 5.11 Å². The molecule has 1 nitrogen and oxygen atoms in total. The molecule has 0 fully saturated rings. The van der Waals surface area contributed by atoms with E-state index in [2.05, 4.69) is 57.8 Å². The third-order valence-electron chi connectivity index (χ3n) is 3.23. The molecule has 2 heteroatoms. The molecule has 0 radical (unpaired) electrons. The quantitative estimate of drug-likeness (QED) is 0.789. The number of aliphatic hydroxyl groups excluding tert-OH is 1. The van der Waals surface area contributed by atoms with Crippen molar-refractivity contribution in [2.45, 2.75) is 44.9 Å². The Bertz CT molecular complexity index is 322. The SMILES string of the molecule is CC(C)c1ccc(C(CO)[Si](C)(C)C)cc1. The lowest BCUT2D eigenvalue weighted by Gasteiger charge is -2.27. The van der Waals surface area contributed by atoms with Gasteiger partial charge in [0.15, 0.2) is 0 Å². The fraction of sp³-hybridized carbons (Fsp3) is 0.571. The maximum Gasteiger partial charge on any atom is 0.0550 e. The average Bonchev–Trinajstić information content (AvgIpc) is 2.17. The van der Waals surface area contributed by atoms with Crippen LogP contribution in [0.4, 0.5) is 0 Å². The highest BCUT2D eigenvalue weighted by Crippen LogP contribution is 2.27. The van der Waals surface area contributed by atoms with Gasteiger partial charge in [0.25, 0.3) is 0 Å². The van der Waals surface area contributed by atoms with Crippen molar-refractivity contribution < 1.29 is 5.11 Å². The highest BCUT2D eigenvalue weighted by Gasteiger charge is 2.27. The second-order valence-corrected chi connectivity index (χ2v) is 11.4. The zero-order valence-corrected chi connectivity index (χ0v) is 12.1. The molecule has 0 amide bonds. The van der Waals surface area contributed by atoms with Gasteiger partial charge in [0.2, 0.25) is 0 Å². The smallest absolute Gasteiger partial charge is 0.0550 e. The molecular formula is C14H24OSi. The van der Waals surface area contributed by atoms with Gasteiger partial charge in [-0.1, -0.05) is 57.8 Å². The maximum atomic E-state index is 9.53. The minimum Gasteiger partial charge on any atom is -0.396 e. The number of aliphatic hydroxyl groups is 1. The van der Waals surface area contributed by atoms with Crippen LogP contribution in [-0.4, -0.2) is 19.8 Å². The first-order chi connectivity index (χ1) is 7.36. The summed E-state index contributed by atoms with van der Waals surface area (Å²) in [5.41, 5.74) is 3.02. The van der Waals surface area contributed by atoms with Crippen molar-refractivity contribution in [1.82, 2.24) is 0 Å². The summed E-state index contributed by atoms with van der Waals surface area (Å²) in [5, 5.41) is 9.53. The summed E-state index contributed by atoms with van der Waals surface area (Å²) in [6.07, 6.45) is 0. The van der Waals surface area contributed by atoms with Crippen LogP contribution in [0, 0.1) is 0 Å². The van der Waals surface area contributed by atoms with Crippen molar-refractivity contribution in [2.24, 2.45) is 0 Å². The van der Waals surface area contributed by atoms with Crippen LogP contribution in [0.2, 0.25) is 19.6 Å².